The summed E-state index contributed by atoms with van der Waals surface area (Å²) in [6.07, 6.45) is 2.46. The summed E-state index contributed by atoms with van der Waals surface area (Å²) in [5.74, 6) is 0. The van der Waals surface area contributed by atoms with Crippen molar-refractivity contribution in [1.29, 1.82) is 10.7 Å². The Bertz CT molecular complexity index is 1140. The van der Waals surface area contributed by atoms with Crippen LogP contribution in [0.5, 0.6) is 0 Å². The van der Waals surface area contributed by atoms with E-state index >= 15 is 0 Å². The van der Waals surface area contributed by atoms with Crippen LogP contribution in [0, 0.1) is 23.7 Å². The molecule has 3 aromatic rings. The van der Waals surface area contributed by atoms with Gasteiger partial charge in [-0.25, -0.2) is 4.98 Å². The molecule has 3 aromatic heterocycles. The first-order chi connectivity index (χ1) is 12.4. The number of aryl methyl sites for hydroxylation is 2. The third kappa shape index (κ3) is 3.11. The molecule has 0 atom stereocenters. The summed E-state index contributed by atoms with van der Waals surface area (Å²) >= 11 is 0. The van der Waals surface area contributed by atoms with Gasteiger partial charge in [0.25, 0.3) is 5.56 Å². The Labute approximate surface area is 150 Å². The number of rotatable bonds is 5. The van der Waals surface area contributed by atoms with E-state index in [0.29, 0.717) is 36.3 Å². The summed E-state index contributed by atoms with van der Waals surface area (Å²) in [5, 5.41) is 18.0. The van der Waals surface area contributed by atoms with Crippen LogP contribution in [0.3, 0.4) is 0 Å². The van der Waals surface area contributed by atoms with E-state index in [0.717, 1.165) is 5.56 Å². The molecule has 0 saturated heterocycles. The molecule has 7 heteroatoms. The number of hydrogen-bond donors (Lipinski definition) is 1. The van der Waals surface area contributed by atoms with Gasteiger partial charge in [0.15, 0.2) is 0 Å². The molecule has 0 fully saturated rings. The van der Waals surface area contributed by atoms with Gasteiger partial charge < -0.3 is 9.30 Å². The molecular weight excluding hydrogens is 330 g/mol. The highest BCUT2D eigenvalue weighted by atomic mass is 16.5. The third-order valence-electron chi connectivity index (χ3n) is 4.23. The molecule has 3 rings (SSSR count). The first-order valence-corrected chi connectivity index (χ1v) is 8.56. The lowest BCUT2D eigenvalue weighted by atomic mass is 10.2. The summed E-state index contributed by atoms with van der Waals surface area (Å²) in [5.41, 5.74) is 1.84. The van der Waals surface area contributed by atoms with Gasteiger partial charge in [0.1, 0.15) is 22.9 Å². The van der Waals surface area contributed by atoms with Gasteiger partial charge in [-0.05, 0) is 44.9 Å². The van der Waals surface area contributed by atoms with Crippen molar-refractivity contribution in [2.45, 2.75) is 39.8 Å². The number of fused-ring (bicyclic) bond motifs is 2. The second-order valence-corrected chi connectivity index (χ2v) is 6.48. The molecule has 0 spiro atoms. The number of hydrogen-bond acceptors (Lipinski definition) is 5. The minimum absolute atomic E-state index is 0.0642. The van der Waals surface area contributed by atoms with Crippen LogP contribution in [-0.4, -0.2) is 26.7 Å². The predicted octanol–water partition coefficient (Wildman–Crippen LogP) is 2.12. The Kier molecular flexibility index (Phi) is 4.87. The summed E-state index contributed by atoms with van der Waals surface area (Å²) in [4.78, 5) is 17.5. The lowest BCUT2D eigenvalue weighted by Crippen LogP contribution is -2.28. The molecule has 26 heavy (non-hydrogen) atoms. The zero-order valence-electron chi connectivity index (χ0n) is 15.1. The maximum Gasteiger partial charge on any atom is 0.267 e. The van der Waals surface area contributed by atoms with Crippen LogP contribution < -0.4 is 11.0 Å². The van der Waals surface area contributed by atoms with E-state index in [1.807, 2.05) is 32.9 Å². The van der Waals surface area contributed by atoms with Gasteiger partial charge in [-0.15, -0.1) is 0 Å². The molecular formula is C19H21N5O2. The third-order valence-corrected chi connectivity index (χ3v) is 4.23. The minimum Gasteiger partial charge on any atom is -0.379 e. The molecule has 0 bridgehead atoms. The van der Waals surface area contributed by atoms with Crippen LogP contribution in [0.2, 0.25) is 0 Å². The van der Waals surface area contributed by atoms with Gasteiger partial charge in [-0.3, -0.25) is 14.6 Å². The maximum atomic E-state index is 12.9. The van der Waals surface area contributed by atoms with Gasteiger partial charge in [0, 0.05) is 19.3 Å². The number of nitrogens with one attached hydrogen (secondary N) is 1. The van der Waals surface area contributed by atoms with Crippen LogP contribution in [-0.2, 0) is 11.3 Å². The van der Waals surface area contributed by atoms with Crippen LogP contribution in [0.25, 0.3) is 16.7 Å². The molecule has 0 radical (unpaired) electrons. The summed E-state index contributed by atoms with van der Waals surface area (Å²) in [7, 11) is 0. The lowest BCUT2D eigenvalue weighted by Gasteiger charge is -2.14. The molecule has 1 N–H and O–H groups in total. The molecule has 0 aliphatic rings. The summed E-state index contributed by atoms with van der Waals surface area (Å²) < 4.78 is 8.67. The fourth-order valence-electron chi connectivity index (χ4n) is 2.94. The van der Waals surface area contributed by atoms with Crippen molar-refractivity contribution in [2.24, 2.45) is 0 Å². The van der Waals surface area contributed by atoms with Crippen molar-refractivity contribution in [1.82, 2.24) is 14.0 Å². The largest absolute Gasteiger partial charge is 0.379 e. The van der Waals surface area contributed by atoms with Gasteiger partial charge >= 0.3 is 0 Å². The number of nitriles is 1. The van der Waals surface area contributed by atoms with Crippen molar-refractivity contribution >= 4 is 16.7 Å². The number of ether oxygens (including phenoxy) is 1. The molecule has 0 aliphatic heterocycles. The minimum atomic E-state index is -0.239. The highest BCUT2D eigenvalue weighted by Crippen LogP contribution is 2.12. The zero-order chi connectivity index (χ0) is 18.8. The summed E-state index contributed by atoms with van der Waals surface area (Å²) in [6.45, 7) is 6.80. The molecule has 0 aromatic carbocycles. The second kappa shape index (κ2) is 7.10. The van der Waals surface area contributed by atoms with Gasteiger partial charge in [-0.2, -0.15) is 5.26 Å². The van der Waals surface area contributed by atoms with E-state index in [1.54, 1.807) is 16.8 Å². The SMILES string of the molecule is Cc1cccn2c(=O)c3cc(C#N)c(=N)n(CCCOC(C)C)c3nc12. The average molecular weight is 351 g/mol. The smallest absolute Gasteiger partial charge is 0.267 e. The second-order valence-electron chi connectivity index (χ2n) is 6.48. The topological polar surface area (TPSA) is 96.2 Å². The van der Waals surface area contributed by atoms with Crippen LogP contribution >= 0.6 is 0 Å². The Hall–Kier alpha value is -2.98. The molecule has 7 nitrogen and oxygen atoms in total. The number of aromatic nitrogens is 3. The van der Waals surface area contributed by atoms with E-state index < -0.39 is 0 Å². The molecule has 134 valence electrons. The van der Waals surface area contributed by atoms with E-state index in [4.69, 9.17) is 10.1 Å². The van der Waals surface area contributed by atoms with Crippen LogP contribution in [0.15, 0.2) is 29.2 Å². The highest BCUT2D eigenvalue weighted by molar-refractivity contribution is 5.78. The quantitative estimate of drug-likeness (QED) is 0.562. The first-order valence-electron chi connectivity index (χ1n) is 8.56. The summed E-state index contributed by atoms with van der Waals surface area (Å²) in [6, 6.07) is 7.15. The van der Waals surface area contributed by atoms with E-state index in [9.17, 15) is 10.1 Å². The van der Waals surface area contributed by atoms with E-state index in [1.165, 1.54) is 10.5 Å². The number of pyridine rings is 2. The molecule has 0 saturated carbocycles. The normalized spacial score (nSPS) is 11.3. The van der Waals surface area contributed by atoms with Crippen LogP contribution in [0.1, 0.15) is 31.4 Å². The van der Waals surface area contributed by atoms with Crippen LogP contribution in [0.4, 0.5) is 0 Å². The van der Waals surface area contributed by atoms with Crippen molar-refractivity contribution in [3.8, 4) is 6.07 Å². The van der Waals surface area contributed by atoms with Gasteiger partial charge in [-0.1, -0.05) is 6.07 Å². The monoisotopic (exact) mass is 351 g/mol. The predicted molar refractivity (Wildman–Crippen MR) is 98.0 cm³/mol. The van der Waals surface area contributed by atoms with Crippen molar-refractivity contribution in [3.63, 3.8) is 0 Å². The molecule has 0 amide bonds. The fraction of sp³-hybridized carbons (Fsp3) is 0.368. The Morgan fingerprint density at radius 3 is 2.85 bits per heavy atom. The molecule has 0 aliphatic carbocycles. The lowest BCUT2D eigenvalue weighted by molar-refractivity contribution is 0.0748. The van der Waals surface area contributed by atoms with Crippen molar-refractivity contribution in [3.05, 3.63) is 51.4 Å². The first kappa shape index (κ1) is 17.8. The Morgan fingerprint density at radius 1 is 1.38 bits per heavy atom. The van der Waals surface area contributed by atoms with E-state index in [2.05, 4.69) is 4.98 Å². The van der Waals surface area contributed by atoms with E-state index in [-0.39, 0.29) is 22.7 Å². The Morgan fingerprint density at radius 2 is 2.15 bits per heavy atom. The Balaban J connectivity index is 2.24. The zero-order valence-corrected chi connectivity index (χ0v) is 15.1. The van der Waals surface area contributed by atoms with Gasteiger partial charge in [0.05, 0.1) is 17.1 Å². The van der Waals surface area contributed by atoms with Crippen molar-refractivity contribution < 1.29 is 4.74 Å². The average Bonchev–Trinajstić information content (AvgIpc) is 2.61. The molecule has 0 unspecified atom stereocenters. The highest BCUT2D eigenvalue weighted by Gasteiger charge is 2.14. The van der Waals surface area contributed by atoms with Crippen molar-refractivity contribution in [2.75, 3.05) is 6.61 Å². The van der Waals surface area contributed by atoms with Gasteiger partial charge in [0.2, 0.25) is 0 Å². The molecule has 3 heterocycles. The number of nitrogens with zero attached hydrogens (tertiary/aromatic N) is 4. The maximum absolute atomic E-state index is 12.9. The fourth-order valence-corrected chi connectivity index (χ4v) is 2.94. The standard InChI is InChI=1S/C19H21N5O2/c1-12(2)26-9-5-8-23-16(21)14(11-20)10-15-18(23)22-17-13(3)6-4-7-24(17)19(15)25/h4,6-7,10,12,21H,5,8-9H2,1-3H3.